The summed E-state index contributed by atoms with van der Waals surface area (Å²) in [7, 11) is 0. The summed E-state index contributed by atoms with van der Waals surface area (Å²) in [5, 5.41) is 0.819. The van der Waals surface area contributed by atoms with Crippen molar-refractivity contribution in [1.29, 1.82) is 0 Å². The molecule has 27 heavy (non-hydrogen) atoms. The van der Waals surface area contributed by atoms with Gasteiger partial charge in [-0.1, -0.05) is 25.1 Å². The summed E-state index contributed by atoms with van der Waals surface area (Å²) in [6, 6.07) is 7.95. The van der Waals surface area contributed by atoms with E-state index in [2.05, 4.69) is 6.92 Å². The number of benzene rings is 1. The summed E-state index contributed by atoms with van der Waals surface area (Å²) in [5.41, 5.74) is 3.41. The van der Waals surface area contributed by atoms with E-state index in [9.17, 15) is 9.59 Å². The van der Waals surface area contributed by atoms with Crippen molar-refractivity contribution in [2.45, 2.75) is 57.9 Å². The lowest BCUT2D eigenvalue weighted by atomic mass is 10.00. The molecule has 0 bridgehead atoms. The number of amides is 1. The van der Waals surface area contributed by atoms with Gasteiger partial charge in [0.1, 0.15) is 0 Å². The second-order valence-corrected chi connectivity index (χ2v) is 7.50. The number of esters is 1. The Hall–Kier alpha value is -2.43. The highest BCUT2D eigenvalue weighted by Gasteiger charge is 2.28. The summed E-state index contributed by atoms with van der Waals surface area (Å²) in [5.74, 6) is -0.477. The van der Waals surface area contributed by atoms with Gasteiger partial charge in [0.15, 0.2) is 6.61 Å². The SMILES string of the molecule is CCC1CCCCN1C(=O)COC(=O)c1c2c(nc3ccccc13)CCC2. The van der Waals surface area contributed by atoms with Gasteiger partial charge in [-0.2, -0.15) is 0 Å². The Morgan fingerprint density at radius 3 is 2.89 bits per heavy atom. The quantitative estimate of drug-likeness (QED) is 0.775. The standard InChI is InChI=1S/C22H26N2O3/c1-2-15-8-5-6-13-24(15)20(25)14-27-22(26)21-16-9-3-4-11-18(16)23-19-12-7-10-17(19)21/h3-4,9,11,15H,2,5-8,10,12-14H2,1H3. The number of para-hydroxylation sites is 1. The van der Waals surface area contributed by atoms with E-state index in [4.69, 9.17) is 9.72 Å². The number of nitrogens with zero attached hydrogens (tertiary/aromatic N) is 2. The van der Waals surface area contributed by atoms with E-state index >= 15 is 0 Å². The van der Waals surface area contributed by atoms with Gasteiger partial charge in [0, 0.05) is 23.7 Å². The zero-order chi connectivity index (χ0) is 18.8. The van der Waals surface area contributed by atoms with Gasteiger partial charge in [-0.25, -0.2) is 4.79 Å². The van der Waals surface area contributed by atoms with Gasteiger partial charge in [0.2, 0.25) is 0 Å². The number of ether oxygens (including phenoxy) is 1. The number of pyridine rings is 1. The van der Waals surface area contributed by atoms with Crippen LogP contribution in [0.25, 0.3) is 10.9 Å². The summed E-state index contributed by atoms with van der Waals surface area (Å²) >= 11 is 0. The smallest absolute Gasteiger partial charge is 0.339 e. The van der Waals surface area contributed by atoms with Crippen LogP contribution in [0.2, 0.25) is 0 Å². The van der Waals surface area contributed by atoms with Crippen LogP contribution in [0.15, 0.2) is 24.3 Å². The number of likely N-dealkylation sites (tertiary alicyclic amines) is 1. The Balaban J connectivity index is 1.54. The number of piperidine rings is 1. The molecule has 2 heterocycles. The Morgan fingerprint density at radius 1 is 1.19 bits per heavy atom. The number of aromatic nitrogens is 1. The minimum absolute atomic E-state index is 0.0788. The molecule has 2 aromatic rings. The minimum atomic E-state index is -0.398. The van der Waals surface area contributed by atoms with E-state index in [-0.39, 0.29) is 18.6 Å². The lowest BCUT2D eigenvalue weighted by Crippen LogP contribution is -2.45. The van der Waals surface area contributed by atoms with Crippen LogP contribution < -0.4 is 0 Å². The molecule has 1 amide bonds. The zero-order valence-electron chi connectivity index (χ0n) is 15.9. The molecule has 1 fully saturated rings. The van der Waals surface area contributed by atoms with E-state index in [1.165, 1.54) is 0 Å². The van der Waals surface area contributed by atoms with Crippen LogP contribution in [0.4, 0.5) is 0 Å². The number of hydrogen-bond acceptors (Lipinski definition) is 4. The third-order valence-electron chi connectivity index (χ3n) is 5.87. The molecule has 1 aliphatic carbocycles. The maximum absolute atomic E-state index is 12.9. The van der Waals surface area contributed by atoms with Crippen LogP contribution in [-0.2, 0) is 22.4 Å². The Bertz CT molecular complexity index is 877. The van der Waals surface area contributed by atoms with Crippen LogP contribution in [0, 0.1) is 0 Å². The Labute approximate surface area is 159 Å². The molecule has 0 saturated carbocycles. The maximum Gasteiger partial charge on any atom is 0.339 e. The number of hydrogen-bond donors (Lipinski definition) is 0. The first-order valence-corrected chi connectivity index (χ1v) is 10.1. The average Bonchev–Trinajstić information content (AvgIpc) is 3.17. The molecule has 0 radical (unpaired) electrons. The fraction of sp³-hybridized carbons (Fsp3) is 0.500. The molecule has 1 unspecified atom stereocenters. The van der Waals surface area contributed by atoms with Crippen molar-refractivity contribution in [3.8, 4) is 0 Å². The van der Waals surface area contributed by atoms with E-state index in [0.29, 0.717) is 5.56 Å². The van der Waals surface area contributed by atoms with Crippen molar-refractivity contribution < 1.29 is 14.3 Å². The molecule has 0 N–H and O–H groups in total. The van der Waals surface area contributed by atoms with Gasteiger partial charge in [-0.15, -0.1) is 0 Å². The fourth-order valence-electron chi connectivity index (χ4n) is 4.48. The highest BCUT2D eigenvalue weighted by Crippen LogP contribution is 2.30. The number of carbonyl (C=O) groups is 2. The molecule has 5 nitrogen and oxygen atoms in total. The van der Waals surface area contributed by atoms with E-state index in [1.54, 1.807) is 0 Å². The molecule has 2 aliphatic rings. The predicted octanol–water partition coefficient (Wildman–Crippen LogP) is 3.67. The number of rotatable bonds is 4. The second-order valence-electron chi connectivity index (χ2n) is 7.50. The highest BCUT2D eigenvalue weighted by atomic mass is 16.5. The Kier molecular flexibility index (Phi) is 5.10. The van der Waals surface area contributed by atoms with Crippen LogP contribution in [0.3, 0.4) is 0 Å². The van der Waals surface area contributed by atoms with Gasteiger partial charge in [0.05, 0.1) is 11.1 Å². The maximum atomic E-state index is 12.9. The number of aryl methyl sites for hydroxylation is 1. The van der Waals surface area contributed by atoms with Crippen LogP contribution in [0.1, 0.15) is 60.6 Å². The average molecular weight is 366 g/mol. The van der Waals surface area contributed by atoms with Gasteiger partial charge in [-0.3, -0.25) is 9.78 Å². The monoisotopic (exact) mass is 366 g/mol. The zero-order valence-corrected chi connectivity index (χ0v) is 15.9. The molecule has 1 atom stereocenters. The lowest BCUT2D eigenvalue weighted by molar-refractivity contribution is -0.138. The molecular formula is C22H26N2O3. The third-order valence-corrected chi connectivity index (χ3v) is 5.87. The van der Waals surface area contributed by atoms with Gasteiger partial charge in [0.25, 0.3) is 5.91 Å². The molecule has 5 heteroatoms. The highest BCUT2D eigenvalue weighted by molar-refractivity contribution is 6.05. The third kappa shape index (κ3) is 3.43. The van der Waals surface area contributed by atoms with Gasteiger partial charge >= 0.3 is 5.97 Å². The Morgan fingerprint density at radius 2 is 2.04 bits per heavy atom. The fourth-order valence-corrected chi connectivity index (χ4v) is 4.48. The number of fused-ring (bicyclic) bond motifs is 2. The van der Waals surface area contributed by atoms with Crippen molar-refractivity contribution in [3.05, 3.63) is 41.1 Å². The molecular weight excluding hydrogens is 340 g/mol. The molecule has 4 rings (SSSR count). The van der Waals surface area contributed by atoms with Crippen LogP contribution in [0.5, 0.6) is 0 Å². The van der Waals surface area contributed by atoms with Crippen molar-refractivity contribution in [3.63, 3.8) is 0 Å². The normalized spacial score (nSPS) is 19.1. The molecule has 1 aromatic carbocycles. The molecule has 1 aliphatic heterocycles. The topological polar surface area (TPSA) is 59.5 Å². The summed E-state index contributed by atoms with van der Waals surface area (Å²) < 4.78 is 5.51. The summed E-state index contributed by atoms with van der Waals surface area (Å²) in [6.45, 7) is 2.69. The summed E-state index contributed by atoms with van der Waals surface area (Å²) in [6.07, 6.45) is 6.92. The predicted molar refractivity (Wildman–Crippen MR) is 104 cm³/mol. The first kappa shape index (κ1) is 18.0. The van der Waals surface area contributed by atoms with Crippen LogP contribution >= 0.6 is 0 Å². The molecule has 0 spiro atoms. The van der Waals surface area contributed by atoms with Crippen molar-refractivity contribution in [1.82, 2.24) is 9.88 Å². The first-order valence-electron chi connectivity index (χ1n) is 10.1. The van der Waals surface area contributed by atoms with Crippen molar-refractivity contribution in [2.75, 3.05) is 13.2 Å². The summed E-state index contributed by atoms with van der Waals surface area (Å²) in [4.78, 5) is 32.2. The largest absolute Gasteiger partial charge is 0.452 e. The van der Waals surface area contributed by atoms with E-state index in [0.717, 1.165) is 73.7 Å². The molecule has 1 aromatic heterocycles. The molecule has 1 saturated heterocycles. The van der Waals surface area contributed by atoms with Gasteiger partial charge < -0.3 is 9.64 Å². The molecule has 142 valence electrons. The van der Waals surface area contributed by atoms with Crippen LogP contribution in [-0.4, -0.2) is 41.0 Å². The first-order chi connectivity index (χ1) is 13.2. The minimum Gasteiger partial charge on any atom is -0.452 e. The lowest BCUT2D eigenvalue weighted by Gasteiger charge is -2.35. The second kappa shape index (κ2) is 7.67. The van der Waals surface area contributed by atoms with Crippen molar-refractivity contribution >= 4 is 22.8 Å². The van der Waals surface area contributed by atoms with Crippen molar-refractivity contribution in [2.24, 2.45) is 0 Å². The van der Waals surface area contributed by atoms with E-state index < -0.39 is 5.97 Å². The number of carbonyl (C=O) groups excluding carboxylic acids is 2. The van der Waals surface area contributed by atoms with E-state index in [1.807, 2.05) is 29.2 Å². The van der Waals surface area contributed by atoms with Gasteiger partial charge in [-0.05, 0) is 56.6 Å².